The Balaban J connectivity index is 1.07. The van der Waals surface area contributed by atoms with Crippen LogP contribution in [0.2, 0.25) is 0 Å². The number of hydrogen-bond acceptors (Lipinski definition) is 9. The molecule has 2 amide bonds. The first-order valence-electron chi connectivity index (χ1n) is 15.5. The minimum atomic E-state index is -0.589. The number of aliphatic hydroxyl groups is 1. The lowest BCUT2D eigenvalue weighted by atomic mass is 10.0. The zero-order valence-corrected chi connectivity index (χ0v) is 26.4. The molecule has 1 aliphatic rings. The first kappa shape index (κ1) is 33.1. The molecule has 0 saturated carbocycles. The summed E-state index contributed by atoms with van der Waals surface area (Å²) in [5.41, 5.74) is 10.5. The molecule has 1 saturated heterocycles. The largest absolute Gasteiger partial charge is 0.397 e. The molecular formula is C34H40N6O5S. The topological polar surface area (TPSA) is 164 Å². The molecular weight excluding hydrogens is 604 g/mol. The summed E-state index contributed by atoms with van der Waals surface area (Å²) in [5, 5.41) is 22.8. The number of nitrogen functional groups attached to an aromatic ring is 1. The van der Waals surface area contributed by atoms with Gasteiger partial charge in [-0.3, -0.25) is 14.7 Å². The Kier molecular flexibility index (Phi) is 12.2. The molecule has 6 N–H and O–H groups in total. The molecule has 0 unspecified atom stereocenters. The number of H-pyrrole nitrogens is 1. The van der Waals surface area contributed by atoms with Gasteiger partial charge in [0, 0.05) is 36.3 Å². The molecule has 3 atom stereocenters. The molecule has 0 radical (unpaired) electrons. The number of nitrogens with one attached hydrogen (secondary N) is 3. The van der Waals surface area contributed by atoms with E-state index in [4.69, 9.17) is 15.2 Å². The van der Waals surface area contributed by atoms with Crippen molar-refractivity contribution in [1.82, 2.24) is 15.2 Å². The first-order valence-corrected chi connectivity index (χ1v) is 16.5. The van der Waals surface area contributed by atoms with Crippen LogP contribution in [0.3, 0.4) is 0 Å². The number of aromatic amines is 1. The van der Waals surface area contributed by atoms with Crippen LogP contribution in [0.25, 0.3) is 0 Å². The van der Waals surface area contributed by atoms with E-state index in [1.807, 2.05) is 60.7 Å². The average molecular weight is 645 g/mol. The normalized spacial score (nSPS) is 17.8. The van der Waals surface area contributed by atoms with Gasteiger partial charge in [0.25, 0.3) is 0 Å². The van der Waals surface area contributed by atoms with Crippen LogP contribution in [0.15, 0.2) is 84.3 Å². The van der Waals surface area contributed by atoms with E-state index in [2.05, 4.69) is 25.8 Å². The zero-order chi connectivity index (χ0) is 32.1. The highest BCUT2D eigenvalue weighted by Crippen LogP contribution is 2.39. The molecule has 0 spiro atoms. The number of amides is 2. The van der Waals surface area contributed by atoms with Crippen molar-refractivity contribution in [1.29, 1.82) is 0 Å². The fourth-order valence-corrected chi connectivity index (χ4v) is 5.95. The van der Waals surface area contributed by atoms with Crippen molar-refractivity contribution >= 4 is 40.6 Å². The third kappa shape index (κ3) is 9.88. The van der Waals surface area contributed by atoms with E-state index in [-0.39, 0.29) is 30.6 Å². The minimum absolute atomic E-state index is 0.0108. The number of carbonyl (C=O) groups excluding carboxylic acids is 2. The standard InChI is InChI=1S/C34H40N6O5S/c35-28-7-5-6-8-29(28)39-32(43)10-4-2-1-3-9-31(42)38-26-17-15-25(16-18-26)33-44-27(21-46-34-36-22-37-40-34)19-30(45-33)24-13-11-23(20-41)12-14-24/h5-8,11-18,22,27,30,33,41H,1-4,9-10,19-21,35H2,(H,38,42)(H,39,43)(H,36,37,40)/t27-,30+,33+/m0/s1. The maximum absolute atomic E-state index is 12.6. The summed E-state index contributed by atoms with van der Waals surface area (Å²) in [5.74, 6) is 0.562. The second-order valence-electron chi connectivity index (χ2n) is 11.2. The Labute approximate surface area is 272 Å². The van der Waals surface area contributed by atoms with Gasteiger partial charge in [0.15, 0.2) is 11.4 Å². The molecule has 1 aromatic heterocycles. The predicted molar refractivity (Wildman–Crippen MR) is 178 cm³/mol. The van der Waals surface area contributed by atoms with Gasteiger partial charge in [0.2, 0.25) is 11.8 Å². The quantitative estimate of drug-likeness (QED) is 0.0581. The summed E-state index contributed by atoms with van der Waals surface area (Å²) in [4.78, 5) is 28.9. The van der Waals surface area contributed by atoms with Gasteiger partial charge < -0.3 is 30.9 Å². The summed E-state index contributed by atoms with van der Waals surface area (Å²) >= 11 is 1.54. The van der Waals surface area contributed by atoms with E-state index in [1.54, 1.807) is 23.9 Å². The highest BCUT2D eigenvalue weighted by molar-refractivity contribution is 7.99. The molecule has 4 aromatic rings. The number of aliphatic hydroxyl groups excluding tert-OH is 1. The van der Waals surface area contributed by atoms with Crippen molar-refractivity contribution in [3.8, 4) is 0 Å². The molecule has 5 rings (SSSR count). The summed E-state index contributed by atoms with van der Waals surface area (Å²) in [6, 6.07) is 22.5. The summed E-state index contributed by atoms with van der Waals surface area (Å²) < 4.78 is 12.8. The third-order valence-electron chi connectivity index (χ3n) is 7.67. The molecule has 0 bridgehead atoms. The molecule has 3 aromatic carbocycles. The Hall–Kier alpha value is -4.23. The summed E-state index contributed by atoms with van der Waals surface area (Å²) in [6.45, 7) is -0.0108. The summed E-state index contributed by atoms with van der Waals surface area (Å²) in [6.07, 6.45) is 5.31. The number of thioether (sulfide) groups is 1. The SMILES string of the molecule is Nc1ccccc1NC(=O)CCCCCCC(=O)Nc1ccc([C@@H]2O[C@H](CSc3ncn[nH]3)C[C@H](c3ccc(CO)cc3)O2)cc1. The van der Waals surface area contributed by atoms with E-state index in [9.17, 15) is 14.7 Å². The number of carbonyl (C=O) groups is 2. The first-order chi connectivity index (χ1) is 22.5. The van der Waals surface area contributed by atoms with Crippen molar-refractivity contribution in [3.63, 3.8) is 0 Å². The Morgan fingerprint density at radius 3 is 2.26 bits per heavy atom. The number of nitrogens with two attached hydrogens (primary N) is 1. The van der Waals surface area contributed by atoms with E-state index >= 15 is 0 Å². The minimum Gasteiger partial charge on any atom is -0.397 e. The van der Waals surface area contributed by atoms with Gasteiger partial charge in [-0.25, -0.2) is 4.98 Å². The zero-order valence-electron chi connectivity index (χ0n) is 25.6. The average Bonchev–Trinajstić information content (AvgIpc) is 3.61. The van der Waals surface area contributed by atoms with Crippen LogP contribution in [0.1, 0.15) is 74.0 Å². The number of nitrogens with zero attached hydrogens (tertiary/aromatic N) is 2. The molecule has 1 aliphatic heterocycles. The van der Waals surface area contributed by atoms with Crippen molar-refractivity contribution in [2.45, 2.75) is 75.2 Å². The van der Waals surface area contributed by atoms with E-state index < -0.39 is 6.29 Å². The molecule has 46 heavy (non-hydrogen) atoms. The molecule has 242 valence electrons. The fraction of sp³-hybridized carbons (Fsp3) is 0.353. The molecule has 12 heteroatoms. The lowest BCUT2D eigenvalue weighted by molar-refractivity contribution is -0.245. The third-order valence-corrected chi connectivity index (χ3v) is 8.68. The van der Waals surface area contributed by atoms with Gasteiger partial charge in [0.05, 0.1) is 30.2 Å². The molecule has 2 heterocycles. The maximum Gasteiger partial charge on any atom is 0.224 e. The number of para-hydroxylation sites is 2. The van der Waals surface area contributed by atoms with Crippen LogP contribution in [-0.2, 0) is 25.7 Å². The van der Waals surface area contributed by atoms with Crippen LogP contribution in [-0.4, -0.2) is 44.0 Å². The van der Waals surface area contributed by atoms with Crippen molar-refractivity contribution in [2.24, 2.45) is 0 Å². The number of rotatable bonds is 15. The lowest BCUT2D eigenvalue weighted by Crippen LogP contribution is -2.31. The van der Waals surface area contributed by atoms with Crippen LogP contribution in [0.4, 0.5) is 17.1 Å². The number of aromatic nitrogens is 3. The highest BCUT2D eigenvalue weighted by Gasteiger charge is 2.32. The van der Waals surface area contributed by atoms with Gasteiger partial charge in [-0.1, -0.05) is 73.1 Å². The van der Waals surface area contributed by atoms with Crippen LogP contribution >= 0.6 is 11.8 Å². The number of unbranched alkanes of at least 4 members (excludes halogenated alkanes) is 3. The fourth-order valence-electron chi connectivity index (χ4n) is 5.15. The van der Waals surface area contributed by atoms with Gasteiger partial charge in [-0.05, 0) is 48.2 Å². The molecule has 11 nitrogen and oxygen atoms in total. The van der Waals surface area contributed by atoms with Crippen molar-refractivity contribution in [3.05, 3.63) is 95.8 Å². The molecule has 1 fully saturated rings. The Bertz CT molecular complexity index is 1530. The van der Waals surface area contributed by atoms with Gasteiger partial charge in [-0.15, -0.1) is 0 Å². The smallest absolute Gasteiger partial charge is 0.224 e. The van der Waals surface area contributed by atoms with Crippen LogP contribution in [0, 0.1) is 0 Å². The van der Waals surface area contributed by atoms with E-state index in [0.717, 1.165) is 47.5 Å². The number of hydrogen-bond donors (Lipinski definition) is 5. The maximum atomic E-state index is 12.6. The Morgan fingerprint density at radius 1 is 0.891 bits per heavy atom. The number of ether oxygens (including phenoxy) is 2. The van der Waals surface area contributed by atoms with Crippen LogP contribution in [0.5, 0.6) is 0 Å². The second-order valence-corrected chi connectivity index (χ2v) is 12.2. The monoisotopic (exact) mass is 644 g/mol. The Morgan fingerprint density at radius 2 is 1.59 bits per heavy atom. The van der Waals surface area contributed by atoms with Gasteiger partial charge in [-0.2, -0.15) is 5.10 Å². The highest BCUT2D eigenvalue weighted by atomic mass is 32.2. The number of anilines is 3. The van der Waals surface area contributed by atoms with E-state index in [0.29, 0.717) is 42.1 Å². The van der Waals surface area contributed by atoms with Gasteiger partial charge >= 0.3 is 0 Å². The van der Waals surface area contributed by atoms with Crippen molar-refractivity contribution in [2.75, 3.05) is 22.1 Å². The predicted octanol–water partition coefficient (Wildman–Crippen LogP) is 6.13. The summed E-state index contributed by atoms with van der Waals surface area (Å²) in [7, 11) is 0. The van der Waals surface area contributed by atoms with E-state index in [1.165, 1.54) is 6.33 Å². The lowest BCUT2D eigenvalue weighted by Gasteiger charge is -2.36. The van der Waals surface area contributed by atoms with Crippen LogP contribution < -0.4 is 16.4 Å². The van der Waals surface area contributed by atoms with Gasteiger partial charge in [0.1, 0.15) is 6.33 Å². The second kappa shape index (κ2) is 16.9. The molecule has 0 aliphatic carbocycles. The van der Waals surface area contributed by atoms with Crippen molar-refractivity contribution < 1.29 is 24.2 Å². The number of benzene rings is 3.